The molecule has 0 aromatic carbocycles. The molecule has 1 aliphatic carbocycles. The molecule has 6 nitrogen and oxygen atoms in total. The van der Waals surface area contributed by atoms with E-state index in [4.69, 9.17) is 14.6 Å². The first-order valence-electron chi connectivity index (χ1n) is 6.12. The summed E-state index contributed by atoms with van der Waals surface area (Å²) in [6, 6.07) is -0.974. The summed E-state index contributed by atoms with van der Waals surface area (Å²) in [6.07, 6.45) is 1.88. The van der Waals surface area contributed by atoms with Crippen LogP contribution in [0.2, 0.25) is 0 Å². The highest BCUT2D eigenvalue weighted by molar-refractivity contribution is 5.79. The second kappa shape index (κ2) is 6.04. The number of hydrogen-bond donors (Lipinski definition) is 2. The minimum Gasteiger partial charge on any atom is -0.480 e. The molecule has 0 saturated heterocycles. The number of hydrogen-bond acceptors (Lipinski definition) is 4. The normalized spacial score (nSPS) is 17.1. The molecule has 1 rings (SSSR count). The fourth-order valence-electron chi connectivity index (χ4n) is 1.29. The van der Waals surface area contributed by atoms with Gasteiger partial charge in [-0.15, -0.1) is 0 Å². The van der Waals surface area contributed by atoms with E-state index in [1.807, 2.05) is 0 Å². The highest BCUT2D eigenvalue weighted by Gasteiger charge is 2.26. The van der Waals surface area contributed by atoms with Gasteiger partial charge in [0.15, 0.2) is 0 Å². The van der Waals surface area contributed by atoms with Gasteiger partial charge in [-0.05, 0) is 33.6 Å². The van der Waals surface area contributed by atoms with E-state index >= 15 is 0 Å². The molecular formula is C12H21NO5. The summed E-state index contributed by atoms with van der Waals surface area (Å²) in [5.41, 5.74) is -0.641. The van der Waals surface area contributed by atoms with Crippen molar-refractivity contribution in [2.75, 3.05) is 6.61 Å². The number of rotatable bonds is 6. The molecule has 1 saturated carbocycles. The zero-order chi connectivity index (χ0) is 13.8. The average molecular weight is 259 g/mol. The van der Waals surface area contributed by atoms with Crippen LogP contribution in [0.5, 0.6) is 0 Å². The van der Waals surface area contributed by atoms with Crippen molar-refractivity contribution in [1.82, 2.24) is 5.32 Å². The smallest absolute Gasteiger partial charge is 0.408 e. The molecule has 0 radical (unpaired) electrons. The number of alkyl carbamates (subject to hydrolysis) is 1. The first kappa shape index (κ1) is 14.8. The van der Waals surface area contributed by atoms with Gasteiger partial charge in [0.2, 0.25) is 0 Å². The summed E-state index contributed by atoms with van der Waals surface area (Å²) >= 11 is 0. The maximum absolute atomic E-state index is 11.4. The van der Waals surface area contributed by atoms with E-state index in [9.17, 15) is 9.59 Å². The quantitative estimate of drug-likeness (QED) is 0.755. The molecule has 0 aromatic rings. The largest absolute Gasteiger partial charge is 0.480 e. The van der Waals surface area contributed by atoms with Gasteiger partial charge >= 0.3 is 12.1 Å². The number of carbonyl (C=O) groups excluding carboxylic acids is 1. The number of carboxylic acids is 1. The molecule has 1 unspecified atom stereocenters. The second-order valence-corrected chi connectivity index (χ2v) is 5.40. The molecule has 1 amide bonds. The molecule has 1 fully saturated rings. The van der Waals surface area contributed by atoms with E-state index in [2.05, 4.69) is 5.32 Å². The zero-order valence-electron chi connectivity index (χ0n) is 11.1. The van der Waals surface area contributed by atoms with Gasteiger partial charge in [-0.25, -0.2) is 9.59 Å². The molecule has 0 aromatic heterocycles. The average Bonchev–Trinajstić information content (AvgIpc) is 2.96. The molecule has 6 heteroatoms. The Kier molecular flexibility index (Phi) is 4.95. The fourth-order valence-corrected chi connectivity index (χ4v) is 1.29. The molecule has 1 aliphatic rings. The minimum atomic E-state index is -1.08. The van der Waals surface area contributed by atoms with Crippen molar-refractivity contribution in [3.05, 3.63) is 0 Å². The molecule has 0 aliphatic heterocycles. The molecule has 0 spiro atoms. The molecule has 2 N–H and O–H groups in total. The Morgan fingerprint density at radius 2 is 2.00 bits per heavy atom. The molecule has 18 heavy (non-hydrogen) atoms. The van der Waals surface area contributed by atoms with Crippen LogP contribution in [0.15, 0.2) is 0 Å². The lowest BCUT2D eigenvalue weighted by Gasteiger charge is -2.21. The number of carbonyl (C=O) groups is 2. The first-order chi connectivity index (χ1) is 8.28. The standard InChI is InChI=1S/C12H21NO5/c1-12(2,3)18-11(16)13-9(10(14)15)6-7-17-8-4-5-8/h8-9H,4-7H2,1-3H3,(H,13,16)(H,14,15). The third-order valence-electron chi connectivity index (χ3n) is 2.27. The van der Waals surface area contributed by atoms with Crippen LogP contribution < -0.4 is 5.32 Å². The van der Waals surface area contributed by atoms with Crippen LogP contribution in [-0.2, 0) is 14.3 Å². The van der Waals surface area contributed by atoms with E-state index in [-0.39, 0.29) is 12.5 Å². The van der Waals surface area contributed by atoms with Gasteiger partial charge in [-0.3, -0.25) is 0 Å². The van der Waals surface area contributed by atoms with Crippen molar-refractivity contribution in [2.45, 2.75) is 57.8 Å². The van der Waals surface area contributed by atoms with E-state index < -0.39 is 23.7 Å². The first-order valence-corrected chi connectivity index (χ1v) is 6.12. The SMILES string of the molecule is CC(C)(C)OC(=O)NC(CCOC1CC1)C(=O)O. The second-order valence-electron chi connectivity index (χ2n) is 5.40. The Balaban J connectivity index is 2.31. The molecule has 0 heterocycles. The summed E-state index contributed by atoms with van der Waals surface area (Å²) in [5.74, 6) is -1.08. The maximum Gasteiger partial charge on any atom is 0.408 e. The van der Waals surface area contributed by atoms with Crippen molar-refractivity contribution in [3.63, 3.8) is 0 Å². The molecule has 1 atom stereocenters. The minimum absolute atomic E-state index is 0.241. The van der Waals surface area contributed by atoms with E-state index in [0.29, 0.717) is 6.61 Å². The number of nitrogens with one attached hydrogen (secondary N) is 1. The van der Waals surface area contributed by atoms with Gasteiger partial charge in [-0.1, -0.05) is 0 Å². The van der Waals surface area contributed by atoms with Gasteiger partial charge in [0.1, 0.15) is 11.6 Å². The third-order valence-corrected chi connectivity index (χ3v) is 2.27. The number of ether oxygens (including phenoxy) is 2. The van der Waals surface area contributed by atoms with Crippen molar-refractivity contribution in [1.29, 1.82) is 0 Å². The van der Waals surface area contributed by atoms with Crippen LogP contribution >= 0.6 is 0 Å². The lowest BCUT2D eigenvalue weighted by molar-refractivity contribution is -0.140. The Morgan fingerprint density at radius 3 is 2.44 bits per heavy atom. The number of aliphatic carboxylic acids is 1. The Labute approximate surface area is 107 Å². The predicted octanol–water partition coefficient (Wildman–Crippen LogP) is 1.53. The van der Waals surface area contributed by atoms with Gasteiger partial charge in [0.05, 0.1) is 6.10 Å². The van der Waals surface area contributed by atoms with Crippen LogP contribution in [0.25, 0.3) is 0 Å². The summed E-state index contributed by atoms with van der Waals surface area (Å²) in [4.78, 5) is 22.4. The number of amides is 1. The molecule has 104 valence electrons. The third kappa shape index (κ3) is 6.44. The zero-order valence-corrected chi connectivity index (χ0v) is 11.1. The van der Waals surface area contributed by atoms with Crippen molar-refractivity contribution < 1.29 is 24.2 Å². The highest BCUT2D eigenvalue weighted by Crippen LogP contribution is 2.23. The summed E-state index contributed by atoms with van der Waals surface area (Å²) in [5, 5.41) is 11.3. The molecular weight excluding hydrogens is 238 g/mol. The van der Waals surface area contributed by atoms with E-state index in [1.165, 1.54) is 0 Å². The van der Waals surface area contributed by atoms with Crippen molar-refractivity contribution >= 4 is 12.1 Å². The monoisotopic (exact) mass is 259 g/mol. The van der Waals surface area contributed by atoms with E-state index in [0.717, 1.165) is 12.8 Å². The van der Waals surface area contributed by atoms with Crippen LogP contribution in [0, 0.1) is 0 Å². The Bertz CT molecular complexity index is 306. The summed E-state index contributed by atoms with van der Waals surface area (Å²) in [7, 11) is 0. The van der Waals surface area contributed by atoms with Gasteiger partial charge in [0.25, 0.3) is 0 Å². The van der Waals surface area contributed by atoms with Crippen LogP contribution in [0.3, 0.4) is 0 Å². The number of carboxylic acid groups (broad SMARTS) is 1. The Hall–Kier alpha value is -1.30. The van der Waals surface area contributed by atoms with E-state index in [1.54, 1.807) is 20.8 Å². The van der Waals surface area contributed by atoms with Crippen LogP contribution in [-0.4, -0.2) is 41.5 Å². The van der Waals surface area contributed by atoms with Gasteiger partial charge in [0, 0.05) is 13.0 Å². The highest BCUT2D eigenvalue weighted by atomic mass is 16.6. The summed E-state index contributed by atoms with van der Waals surface area (Å²) in [6.45, 7) is 5.49. The maximum atomic E-state index is 11.4. The van der Waals surface area contributed by atoms with Gasteiger partial charge in [-0.2, -0.15) is 0 Å². The predicted molar refractivity (Wildman–Crippen MR) is 64.4 cm³/mol. The van der Waals surface area contributed by atoms with Crippen LogP contribution in [0.4, 0.5) is 4.79 Å². The lowest BCUT2D eigenvalue weighted by atomic mass is 10.2. The fraction of sp³-hybridized carbons (Fsp3) is 0.833. The molecule has 0 bridgehead atoms. The van der Waals surface area contributed by atoms with Crippen molar-refractivity contribution in [2.24, 2.45) is 0 Å². The van der Waals surface area contributed by atoms with Crippen molar-refractivity contribution in [3.8, 4) is 0 Å². The Morgan fingerprint density at radius 1 is 1.39 bits per heavy atom. The summed E-state index contributed by atoms with van der Waals surface area (Å²) < 4.78 is 10.4. The van der Waals surface area contributed by atoms with Crippen LogP contribution in [0.1, 0.15) is 40.0 Å². The lowest BCUT2D eigenvalue weighted by Crippen LogP contribution is -2.44. The van der Waals surface area contributed by atoms with Gasteiger partial charge < -0.3 is 19.9 Å². The topological polar surface area (TPSA) is 84.9 Å².